The van der Waals surface area contributed by atoms with Crippen LogP contribution in [-0.2, 0) is 9.63 Å². The molecule has 1 aromatic carbocycles. The molecule has 0 fully saturated rings. The van der Waals surface area contributed by atoms with E-state index in [9.17, 15) is 14.9 Å². The lowest BCUT2D eigenvalue weighted by atomic mass is 10.3. The summed E-state index contributed by atoms with van der Waals surface area (Å²) in [5, 5.41) is 10.8. The van der Waals surface area contributed by atoms with Gasteiger partial charge in [-0.2, -0.15) is 0 Å². The number of nitrogens with zero attached hydrogens (tertiary/aromatic N) is 1. The number of carbonyl (C=O) groups excluding carboxylic acids is 1. The topological polar surface area (TPSA) is 126 Å². The van der Waals surface area contributed by atoms with Gasteiger partial charge in [0.2, 0.25) is 0 Å². The third-order valence-corrected chi connectivity index (χ3v) is 2.09. The molecule has 0 atom stereocenters. The SMILES string of the molecule is COc1ccc(OCCC(=O)ONN)cc1[N+](=O)[O-]. The van der Waals surface area contributed by atoms with Crippen LogP contribution in [0.1, 0.15) is 6.42 Å². The third-order valence-electron chi connectivity index (χ3n) is 2.09. The van der Waals surface area contributed by atoms with Crippen LogP contribution in [0.3, 0.4) is 0 Å². The summed E-state index contributed by atoms with van der Waals surface area (Å²) in [7, 11) is 1.33. The predicted octanol–water partition coefficient (Wildman–Crippen LogP) is 0.294. The number of ether oxygens (including phenoxy) is 2. The lowest BCUT2D eigenvalue weighted by Gasteiger charge is -2.07. The first-order valence-electron chi connectivity index (χ1n) is 5.19. The number of nitro groups is 1. The molecule has 0 amide bonds. The number of nitro benzene ring substituents is 1. The molecule has 0 aliphatic rings. The number of rotatable bonds is 7. The molecule has 0 aliphatic heterocycles. The van der Waals surface area contributed by atoms with Crippen LogP contribution in [0.4, 0.5) is 5.69 Å². The molecule has 104 valence electrons. The molecule has 0 saturated heterocycles. The Morgan fingerprint density at radius 3 is 2.84 bits per heavy atom. The largest absolute Gasteiger partial charge is 0.493 e. The van der Waals surface area contributed by atoms with E-state index >= 15 is 0 Å². The Kier molecular flexibility index (Phi) is 5.51. The fourth-order valence-corrected chi connectivity index (χ4v) is 1.27. The molecule has 1 rings (SSSR count). The van der Waals surface area contributed by atoms with Gasteiger partial charge in [-0.1, -0.05) is 5.59 Å². The number of hydrogen-bond donors (Lipinski definition) is 2. The summed E-state index contributed by atoms with van der Waals surface area (Å²) in [6, 6.07) is 4.12. The predicted molar refractivity (Wildman–Crippen MR) is 63.2 cm³/mol. The molecular formula is C10H13N3O6. The second-order valence-corrected chi connectivity index (χ2v) is 3.28. The maximum absolute atomic E-state index is 10.9. The van der Waals surface area contributed by atoms with E-state index in [0.29, 0.717) is 0 Å². The summed E-state index contributed by atoms with van der Waals surface area (Å²) < 4.78 is 10.0. The van der Waals surface area contributed by atoms with Crippen molar-refractivity contribution >= 4 is 11.7 Å². The van der Waals surface area contributed by atoms with Crippen LogP contribution in [0, 0.1) is 10.1 Å². The Morgan fingerprint density at radius 1 is 1.53 bits per heavy atom. The Morgan fingerprint density at radius 2 is 2.26 bits per heavy atom. The van der Waals surface area contributed by atoms with Crippen LogP contribution < -0.4 is 20.9 Å². The van der Waals surface area contributed by atoms with E-state index in [0.717, 1.165) is 0 Å². The highest BCUT2D eigenvalue weighted by Gasteiger charge is 2.15. The number of nitrogens with one attached hydrogen (secondary N) is 1. The van der Waals surface area contributed by atoms with Crippen LogP contribution in [0.15, 0.2) is 18.2 Å². The van der Waals surface area contributed by atoms with Crippen molar-refractivity contribution in [3.8, 4) is 11.5 Å². The molecule has 3 N–H and O–H groups in total. The van der Waals surface area contributed by atoms with E-state index in [1.807, 2.05) is 0 Å². The van der Waals surface area contributed by atoms with Crippen molar-refractivity contribution in [1.82, 2.24) is 5.59 Å². The molecule has 0 radical (unpaired) electrons. The Hall–Kier alpha value is -2.39. The minimum absolute atomic E-state index is 0.00396. The van der Waals surface area contributed by atoms with Crippen LogP contribution in [-0.4, -0.2) is 24.6 Å². The summed E-state index contributed by atoms with van der Waals surface area (Å²) in [6.45, 7) is 0.00396. The Bertz CT molecular complexity index is 465. The number of hydrogen-bond acceptors (Lipinski definition) is 8. The van der Waals surface area contributed by atoms with Gasteiger partial charge < -0.3 is 14.3 Å². The van der Waals surface area contributed by atoms with E-state index in [2.05, 4.69) is 4.84 Å². The minimum atomic E-state index is -0.606. The zero-order valence-electron chi connectivity index (χ0n) is 10.1. The quantitative estimate of drug-likeness (QED) is 0.411. The smallest absolute Gasteiger partial charge is 0.329 e. The summed E-state index contributed by atoms with van der Waals surface area (Å²) in [5.41, 5.74) is 1.53. The van der Waals surface area contributed by atoms with Crippen molar-refractivity contribution in [2.45, 2.75) is 6.42 Å². The highest BCUT2D eigenvalue weighted by molar-refractivity contribution is 5.69. The van der Waals surface area contributed by atoms with Crippen molar-refractivity contribution in [3.05, 3.63) is 28.3 Å². The fraction of sp³-hybridized carbons (Fsp3) is 0.300. The molecule has 9 nitrogen and oxygen atoms in total. The maximum Gasteiger partial charge on any atom is 0.329 e. The second kappa shape index (κ2) is 7.13. The molecule has 0 heterocycles. The van der Waals surface area contributed by atoms with E-state index in [1.165, 1.54) is 25.3 Å². The maximum atomic E-state index is 10.9. The fourth-order valence-electron chi connectivity index (χ4n) is 1.27. The van der Waals surface area contributed by atoms with Gasteiger partial charge in [0.25, 0.3) is 0 Å². The lowest BCUT2D eigenvalue weighted by Crippen LogP contribution is -2.26. The van der Waals surface area contributed by atoms with Crippen LogP contribution in [0.25, 0.3) is 0 Å². The van der Waals surface area contributed by atoms with Crippen molar-refractivity contribution in [1.29, 1.82) is 0 Å². The monoisotopic (exact) mass is 271 g/mol. The van der Waals surface area contributed by atoms with Gasteiger partial charge in [-0.3, -0.25) is 14.9 Å². The molecule has 0 unspecified atom stereocenters. The van der Waals surface area contributed by atoms with E-state index in [1.54, 1.807) is 5.59 Å². The first-order chi connectivity index (χ1) is 9.08. The molecule has 9 heteroatoms. The number of hydrazine groups is 1. The average Bonchev–Trinajstić information content (AvgIpc) is 2.38. The molecule has 0 aliphatic carbocycles. The second-order valence-electron chi connectivity index (χ2n) is 3.28. The summed E-state index contributed by atoms with van der Waals surface area (Å²) in [5.74, 6) is 4.55. The van der Waals surface area contributed by atoms with Gasteiger partial charge in [-0.25, -0.2) is 5.84 Å². The average molecular weight is 271 g/mol. The third kappa shape index (κ3) is 4.41. The van der Waals surface area contributed by atoms with Crippen molar-refractivity contribution < 1.29 is 24.0 Å². The Labute approximate surface area is 108 Å². The number of benzene rings is 1. The van der Waals surface area contributed by atoms with Gasteiger partial charge in [0.15, 0.2) is 5.75 Å². The molecule has 1 aromatic rings. The molecule has 0 spiro atoms. The zero-order chi connectivity index (χ0) is 14.3. The standard InChI is InChI=1S/C10H13N3O6/c1-17-9-3-2-7(6-8(9)13(15)16)18-5-4-10(14)19-12-11/h2-3,6,12H,4-5,11H2,1H3. The van der Waals surface area contributed by atoms with Gasteiger partial charge in [-0.15, -0.1) is 0 Å². The van der Waals surface area contributed by atoms with Crippen molar-refractivity contribution in [3.63, 3.8) is 0 Å². The summed E-state index contributed by atoms with van der Waals surface area (Å²) in [4.78, 5) is 25.4. The molecule has 19 heavy (non-hydrogen) atoms. The number of methoxy groups -OCH3 is 1. The normalized spacial score (nSPS) is 9.79. The van der Waals surface area contributed by atoms with Crippen LogP contribution in [0.2, 0.25) is 0 Å². The Balaban J connectivity index is 2.62. The first-order valence-corrected chi connectivity index (χ1v) is 5.19. The van der Waals surface area contributed by atoms with Crippen molar-refractivity contribution in [2.24, 2.45) is 5.84 Å². The van der Waals surface area contributed by atoms with Gasteiger partial charge in [0.1, 0.15) is 5.75 Å². The van der Waals surface area contributed by atoms with Crippen LogP contribution in [0.5, 0.6) is 11.5 Å². The van der Waals surface area contributed by atoms with E-state index in [-0.39, 0.29) is 30.2 Å². The van der Waals surface area contributed by atoms with Gasteiger partial charge >= 0.3 is 11.7 Å². The zero-order valence-corrected chi connectivity index (χ0v) is 10.1. The van der Waals surface area contributed by atoms with Crippen LogP contribution >= 0.6 is 0 Å². The van der Waals surface area contributed by atoms with E-state index < -0.39 is 10.9 Å². The molecule has 0 aromatic heterocycles. The molecule has 0 bridgehead atoms. The number of carbonyl (C=O) groups is 1. The first kappa shape index (κ1) is 14.7. The van der Waals surface area contributed by atoms with Gasteiger partial charge in [0, 0.05) is 0 Å². The summed E-state index contributed by atoms with van der Waals surface area (Å²) in [6.07, 6.45) is -0.0516. The molecule has 0 saturated carbocycles. The van der Waals surface area contributed by atoms with Gasteiger partial charge in [0.05, 0.1) is 31.1 Å². The van der Waals surface area contributed by atoms with E-state index in [4.69, 9.17) is 15.3 Å². The van der Waals surface area contributed by atoms with Gasteiger partial charge in [-0.05, 0) is 12.1 Å². The number of nitrogens with two attached hydrogens (primary N) is 1. The molecular weight excluding hydrogens is 258 g/mol. The lowest BCUT2D eigenvalue weighted by molar-refractivity contribution is -0.385. The van der Waals surface area contributed by atoms with Crippen molar-refractivity contribution in [2.75, 3.05) is 13.7 Å². The minimum Gasteiger partial charge on any atom is -0.493 e. The highest BCUT2D eigenvalue weighted by Crippen LogP contribution is 2.30. The highest BCUT2D eigenvalue weighted by atomic mass is 16.7. The summed E-state index contributed by atoms with van der Waals surface area (Å²) >= 11 is 0.